The molecule has 0 bridgehead atoms. The van der Waals surface area contributed by atoms with Crippen LogP contribution in [0.4, 0.5) is 46.4 Å². The van der Waals surface area contributed by atoms with Crippen molar-refractivity contribution >= 4 is 40.4 Å². The molecular formula is C19H15ClF4N6O. The lowest BCUT2D eigenvalue weighted by atomic mass is 10.1. The first-order valence-corrected chi connectivity index (χ1v) is 9.28. The second-order valence-corrected chi connectivity index (χ2v) is 6.98. The number of hydrogen-bond donors (Lipinski definition) is 3. The van der Waals surface area contributed by atoms with Crippen LogP contribution in [-0.2, 0) is 6.54 Å². The van der Waals surface area contributed by atoms with Crippen LogP contribution in [0.25, 0.3) is 0 Å². The highest BCUT2D eigenvalue weighted by Crippen LogP contribution is 2.33. The molecule has 7 nitrogen and oxygen atoms in total. The van der Waals surface area contributed by atoms with Crippen molar-refractivity contribution in [3.63, 3.8) is 0 Å². The third-order valence-electron chi connectivity index (χ3n) is 4.37. The molecule has 31 heavy (non-hydrogen) atoms. The molecule has 2 aromatic carbocycles. The lowest BCUT2D eigenvalue weighted by Crippen LogP contribution is -2.26. The molecule has 0 radical (unpaired) electrons. The van der Waals surface area contributed by atoms with E-state index >= 15 is 0 Å². The van der Waals surface area contributed by atoms with Gasteiger partial charge in [0.2, 0.25) is 5.95 Å². The Morgan fingerprint density at radius 1 is 1.13 bits per heavy atom. The van der Waals surface area contributed by atoms with Gasteiger partial charge in [-0.05, 0) is 42.0 Å². The summed E-state index contributed by atoms with van der Waals surface area (Å²) in [6, 6.07) is 9.12. The first-order chi connectivity index (χ1) is 14.7. The van der Waals surface area contributed by atoms with E-state index in [2.05, 4.69) is 30.8 Å². The molecule has 162 valence electrons. The maximum absolute atomic E-state index is 14.2. The fourth-order valence-electron chi connectivity index (χ4n) is 2.99. The van der Waals surface area contributed by atoms with Gasteiger partial charge in [0, 0.05) is 25.0 Å². The fraction of sp³-hybridized carbons (Fsp3) is 0.158. The van der Waals surface area contributed by atoms with Crippen LogP contribution in [0.15, 0.2) is 42.6 Å². The van der Waals surface area contributed by atoms with E-state index < -0.39 is 17.9 Å². The summed E-state index contributed by atoms with van der Waals surface area (Å²) in [7, 11) is 1.91. The number of ether oxygens (including phenoxy) is 1. The van der Waals surface area contributed by atoms with Crippen LogP contribution in [0.2, 0.25) is 5.02 Å². The van der Waals surface area contributed by atoms with E-state index in [1.54, 1.807) is 0 Å². The van der Waals surface area contributed by atoms with Crippen molar-refractivity contribution < 1.29 is 22.3 Å². The number of anilines is 5. The summed E-state index contributed by atoms with van der Waals surface area (Å²) in [6.45, 7) is 0.674. The van der Waals surface area contributed by atoms with Gasteiger partial charge in [0.25, 0.3) is 0 Å². The van der Waals surface area contributed by atoms with Gasteiger partial charge in [-0.15, -0.1) is 13.2 Å². The van der Waals surface area contributed by atoms with E-state index in [4.69, 9.17) is 11.6 Å². The summed E-state index contributed by atoms with van der Waals surface area (Å²) in [4.78, 5) is 8.02. The van der Waals surface area contributed by atoms with Crippen LogP contribution >= 0.6 is 11.6 Å². The molecule has 0 aliphatic carbocycles. The average Bonchev–Trinajstić information content (AvgIpc) is 3.06. The number of fused-ring (bicyclic) bond motifs is 1. The van der Waals surface area contributed by atoms with Crippen molar-refractivity contribution in [1.82, 2.24) is 15.4 Å². The van der Waals surface area contributed by atoms with Crippen LogP contribution < -0.4 is 25.8 Å². The Bertz CT molecular complexity index is 1130. The standard InChI is InChI=1S/C19H15ClF4N6O/c1-30-15-4-2-11(6-10(15)8-26-30)28-18-25-9-14(21)17(29-18)27-12-3-5-16(13(20)7-12)31-19(22,23)24/h2-7,9,26H,8H2,1H3,(H2,25,27,28,29). The molecule has 1 aliphatic heterocycles. The average molecular weight is 455 g/mol. The van der Waals surface area contributed by atoms with Crippen molar-refractivity contribution in [2.45, 2.75) is 12.9 Å². The van der Waals surface area contributed by atoms with Crippen molar-refractivity contribution in [2.24, 2.45) is 0 Å². The molecule has 4 rings (SSSR count). The van der Waals surface area contributed by atoms with Crippen molar-refractivity contribution in [1.29, 1.82) is 0 Å². The summed E-state index contributed by atoms with van der Waals surface area (Å²) in [5, 5.41) is 7.28. The van der Waals surface area contributed by atoms with Crippen LogP contribution in [-0.4, -0.2) is 23.4 Å². The van der Waals surface area contributed by atoms with Crippen LogP contribution in [0, 0.1) is 5.82 Å². The van der Waals surface area contributed by atoms with Crippen molar-refractivity contribution in [2.75, 3.05) is 22.7 Å². The van der Waals surface area contributed by atoms with Crippen molar-refractivity contribution in [3.8, 4) is 5.75 Å². The summed E-state index contributed by atoms with van der Waals surface area (Å²) < 4.78 is 55.1. The van der Waals surface area contributed by atoms with Gasteiger partial charge in [-0.1, -0.05) is 11.6 Å². The van der Waals surface area contributed by atoms with Crippen LogP contribution in [0.5, 0.6) is 5.75 Å². The SMILES string of the molecule is CN1NCc2cc(Nc3ncc(F)c(Nc4ccc(OC(F)(F)F)c(Cl)c4)n3)ccc21. The third-order valence-corrected chi connectivity index (χ3v) is 4.66. The highest BCUT2D eigenvalue weighted by atomic mass is 35.5. The number of rotatable bonds is 5. The Kier molecular flexibility index (Phi) is 5.46. The lowest BCUT2D eigenvalue weighted by Gasteiger charge is -2.13. The van der Waals surface area contributed by atoms with Gasteiger partial charge >= 0.3 is 6.36 Å². The maximum atomic E-state index is 14.2. The number of alkyl halides is 3. The van der Waals surface area contributed by atoms with Gasteiger partial charge in [-0.3, -0.25) is 0 Å². The molecule has 0 spiro atoms. The molecular weight excluding hydrogens is 440 g/mol. The summed E-state index contributed by atoms with van der Waals surface area (Å²) in [6.07, 6.45) is -3.90. The Hall–Kier alpha value is -3.31. The molecule has 0 amide bonds. The third kappa shape index (κ3) is 4.89. The molecule has 2 heterocycles. The van der Waals surface area contributed by atoms with Gasteiger partial charge < -0.3 is 20.4 Å². The molecule has 3 aromatic rings. The molecule has 1 aliphatic rings. The zero-order valence-corrected chi connectivity index (χ0v) is 16.6. The number of aromatic nitrogens is 2. The van der Waals surface area contributed by atoms with Gasteiger partial charge in [0.05, 0.1) is 16.9 Å². The van der Waals surface area contributed by atoms with E-state index in [1.807, 2.05) is 30.3 Å². The molecule has 0 atom stereocenters. The zero-order chi connectivity index (χ0) is 22.2. The Labute approximate surface area is 179 Å². The normalized spacial score (nSPS) is 13.2. The minimum absolute atomic E-state index is 0.131. The smallest absolute Gasteiger partial charge is 0.404 e. The highest BCUT2D eigenvalue weighted by Gasteiger charge is 2.32. The summed E-state index contributed by atoms with van der Waals surface area (Å²) in [5.41, 5.74) is 6.22. The molecule has 1 aromatic heterocycles. The number of nitrogens with zero attached hydrogens (tertiary/aromatic N) is 3. The number of benzene rings is 2. The molecule has 0 saturated carbocycles. The number of halogens is 5. The predicted octanol–water partition coefficient (Wildman–Crippen LogP) is 5.11. The number of hydrazine groups is 1. The van der Waals surface area contributed by atoms with Gasteiger partial charge in [0.1, 0.15) is 5.75 Å². The van der Waals surface area contributed by atoms with Gasteiger partial charge in [-0.2, -0.15) is 4.98 Å². The number of nitrogens with one attached hydrogen (secondary N) is 3. The molecule has 0 unspecified atom stereocenters. The highest BCUT2D eigenvalue weighted by molar-refractivity contribution is 6.32. The fourth-order valence-corrected chi connectivity index (χ4v) is 3.21. The predicted molar refractivity (Wildman–Crippen MR) is 108 cm³/mol. The van der Waals surface area contributed by atoms with E-state index in [-0.39, 0.29) is 22.5 Å². The van der Waals surface area contributed by atoms with Gasteiger partial charge in [-0.25, -0.2) is 14.8 Å². The van der Waals surface area contributed by atoms with Gasteiger partial charge in [0.15, 0.2) is 11.6 Å². The van der Waals surface area contributed by atoms with Crippen LogP contribution in [0.3, 0.4) is 0 Å². The van der Waals surface area contributed by atoms with Crippen LogP contribution in [0.1, 0.15) is 5.56 Å². The Morgan fingerprint density at radius 3 is 2.61 bits per heavy atom. The zero-order valence-electron chi connectivity index (χ0n) is 15.9. The minimum atomic E-state index is -4.87. The van der Waals surface area contributed by atoms with E-state index in [9.17, 15) is 17.6 Å². The minimum Gasteiger partial charge on any atom is -0.404 e. The lowest BCUT2D eigenvalue weighted by molar-refractivity contribution is -0.274. The molecule has 0 fully saturated rings. The largest absolute Gasteiger partial charge is 0.573 e. The first-order valence-electron chi connectivity index (χ1n) is 8.90. The summed E-state index contributed by atoms with van der Waals surface area (Å²) in [5.74, 6) is -1.37. The van der Waals surface area contributed by atoms with E-state index in [1.165, 1.54) is 12.1 Å². The quantitative estimate of drug-likeness (QED) is 0.463. The molecule has 12 heteroatoms. The van der Waals surface area contributed by atoms with E-state index in [0.717, 1.165) is 23.5 Å². The monoisotopic (exact) mass is 454 g/mol. The summed E-state index contributed by atoms with van der Waals surface area (Å²) >= 11 is 5.82. The molecule has 3 N–H and O–H groups in total. The van der Waals surface area contributed by atoms with E-state index in [0.29, 0.717) is 12.2 Å². The second kappa shape index (κ2) is 8.08. The Morgan fingerprint density at radius 2 is 1.87 bits per heavy atom. The maximum Gasteiger partial charge on any atom is 0.573 e. The second-order valence-electron chi connectivity index (χ2n) is 6.57. The van der Waals surface area contributed by atoms with Crippen molar-refractivity contribution in [3.05, 3.63) is 59.0 Å². The molecule has 0 saturated heterocycles. The Balaban J connectivity index is 1.51. The first kappa shape index (κ1) is 20.9. The number of hydrogen-bond acceptors (Lipinski definition) is 7. The topological polar surface area (TPSA) is 74.3 Å².